The van der Waals surface area contributed by atoms with Gasteiger partial charge in [-0.15, -0.1) is 0 Å². The van der Waals surface area contributed by atoms with E-state index in [9.17, 15) is 8.42 Å². The van der Waals surface area contributed by atoms with Gasteiger partial charge in [0.05, 0.1) is 5.69 Å². The summed E-state index contributed by atoms with van der Waals surface area (Å²) in [5.74, 6) is 0. The molecule has 0 radical (unpaired) electrons. The molecule has 7 heteroatoms. The van der Waals surface area contributed by atoms with Gasteiger partial charge in [-0.2, -0.15) is 0 Å². The number of anilines is 1. The van der Waals surface area contributed by atoms with Gasteiger partial charge in [0, 0.05) is 39.2 Å². The average Bonchev–Trinajstić information content (AvgIpc) is 2.35. The number of aromatic nitrogens is 1. The molecular weight excluding hydrogens is 254 g/mol. The Morgan fingerprint density at radius 1 is 1.50 bits per heavy atom. The van der Waals surface area contributed by atoms with Crippen molar-refractivity contribution in [2.75, 3.05) is 26.1 Å². The van der Waals surface area contributed by atoms with Gasteiger partial charge < -0.3 is 10.1 Å². The van der Waals surface area contributed by atoms with Crippen LogP contribution in [0, 0.1) is 0 Å². The Morgan fingerprint density at radius 2 is 2.22 bits per heavy atom. The minimum atomic E-state index is -3.56. The second-order valence-electron chi connectivity index (χ2n) is 3.93. The molecule has 1 aromatic rings. The highest BCUT2D eigenvalue weighted by Gasteiger charge is 2.20. The number of hydrogen-bond donors (Lipinski definition) is 2. The van der Waals surface area contributed by atoms with Crippen LogP contribution in [0.3, 0.4) is 0 Å². The van der Waals surface area contributed by atoms with E-state index >= 15 is 0 Å². The molecule has 0 bridgehead atoms. The topological polar surface area (TPSA) is 80.3 Å². The highest BCUT2D eigenvalue weighted by Crippen LogP contribution is 2.19. The Morgan fingerprint density at radius 3 is 2.83 bits per heavy atom. The number of ether oxygens (including phenoxy) is 1. The summed E-state index contributed by atoms with van der Waals surface area (Å²) in [6.07, 6.45) is 3.49. The molecule has 0 spiro atoms. The highest BCUT2D eigenvalue weighted by atomic mass is 32.2. The molecule has 0 aromatic carbocycles. The van der Waals surface area contributed by atoms with Crippen LogP contribution >= 0.6 is 0 Å². The first-order valence-corrected chi connectivity index (χ1v) is 7.12. The second-order valence-corrected chi connectivity index (χ2v) is 5.61. The summed E-state index contributed by atoms with van der Waals surface area (Å²) >= 11 is 0. The van der Waals surface area contributed by atoms with Crippen molar-refractivity contribution in [3.63, 3.8) is 0 Å². The lowest BCUT2D eigenvalue weighted by Gasteiger charge is -2.15. The zero-order valence-electron chi connectivity index (χ0n) is 10.8. The summed E-state index contributed by atoms with van der Waals surface area (Å²) in [4.78, 5) is 3.99. The lowest BCUT2D eigenvalue weighted by molar-refractivity contribution is 0.188. The van der Waals surface area contributed by atoms with E-state index in [2.05, 4.69) is 15.0 Å². The maximum atomic E-state index is 12.2. The predicted molar refractivity (Wildman–Crippen MR) is 70.1 cm³/mol. The van der Waals surface area contributed by atoms with Crippen molar-refractivity contribution in [3.8, 4) is 0 Å². The van der Waals surface area contributed by atoms with Crippen molar-refractivity contribution in [1.82, 2.24) is 9.71 Å². The van der Waals surface area contributed by atoms with Gasteiger partial charge in [0.1, 0.15) is 4.90 Å². The van der Waals surface area contributed by atoms with Gasteiger partial charge in [-0.1, -0.05) is 0 Å². The molecule has 102 valence electrons. The lowest BCUT2D eigenvalue weighted by atomic mass is 10.3. The number of sulfonamides is 1. The summed E-state index contributed by atoms with van der Waals surface area (Å²) in [5, 5.41) is 2.83. The fraction of sp³-hybridized carbons (Fsp3) is 0.545. The van der Waals surface area contributed by atoms with Crippen LogP contribution in [0.25, 0.3) is 0 Å². The summed E-state index contributed by atoms with van der Waals surface area (Å²) in [6.45, 7) is 2.31. The van der Waals surface area contributed by atoms with Crippen LogP contribution in [0.1, 0.15) is 13.3 Å². The standard InChI is InChI=1S/C11H19N3O3S/c1-9(5-7-17-3)14-18(15,16)11-8-13-6-4-10(11)12-2/h4,6,8-9,14H,5,7H2,1-3H3,(H,12,13). The molecule has 6 nitrogen and oxygen atoms in total. The molecule has 1 unspecified atom stereocenters. The van der Waals surface area contributed by atoms with Crippen LogP contribution < -0.4 is 10.0 Å². The third-order valence-electron chi connectivity index (χ3n) is 2.45. The van der Waals surface area contributed by atoms with Crippen LogP contribution in [-0.4, -0.2) is 40.2 Å². The van der Waals surface area contributed by atoms with E-state index in [4.69, 9.17) is 4.74 Å². The normalized spacial score (nSPS) is 13.3. The molecule has 0 saturated heterocycles. The van der Waals surface area contributed by atoms with Crippen molar-refractivity contribution in [3.05, 3.63) is 18.5 Å². The van der Waals surface area contributed by atoms with Gasteiger partial charge in [0.2, 0.25) is 10.0 Å². The summed E-state index contributed by atoms with van der Waals surface area (Å²) < 4.78 is 31.8. The lowest BCUT2D eigenvalue weighted by Crippen LogP contribution is -2.33. The van der Waals surface area contributed by atoms with Crippen molar-refractivity contribution < 1.29 is 13.2 Å². The summed E-state index contributed by atoms with van der Waals surface area (Å²) in [6, 6.07) is 1.42. The number of pyridine rings is 1. The summed E-state index contributed by atoms with van der Waals surface area (Å²) in [7, 11) is -0.309. The van der Waals surface area contributed by atoms with E-state index in [1.54, 1.807) is 33.3 Å². The predicted octanol–water partition coefficient (Wildman–Crippen LogP) is 0.827. The van der Waals surface area contributed by atoms with Gasteiger partial charge >= 0.3 is 0 Å². The van der Waals surface area contributed by atoms with Gasteiger partial charge in [0.25, 0.3) is 0 Å². The molecule has 1 rings (SSSR count). The van der Waals surface area contributed by atoms with Crippen LogP contribution in [0.15, 0.2) is 23.4 Å². The van der Waals surface area contributed by atoms with Crippen molar-refractivity contribution >= 4 is 15.7 Å². The van der Waals surface area contributed by atoms with Gasteiger partial charge in [-0.05, 0) is 19.4 Å². The first kappa shape index (κ1) is 14.9. The highest BCUT2D eigenvalue weighted by molar-refractivity contribution is 7.89. The minimum Gasteiger partial charge on any atom is -0.387 e. The largest absolute Gasteiger partial charge is 0.387 e. The zero-order valence-corrected chi connectivity index (χ0v) is 11.6. The van der Waals surface area contributed by atoms with Gasteiger partial charge in [-0.25, -0.2) is 13.1 Å². The van der Waals surface area contributed by atoms with Gasteiger partial charge in [-0.3, -0.25) is 4.98 Å². The first-order valence-electron chi connectivity index (χ1n) is 5.64. The molecule has 0 fully saturated rings. The van der Waals surface area contributed by atoms with Crippen LogP contribution in [0.2, 0.25) is 0 Å². The molecule has 1 heterocycles. The number of rotatable bonds is 7. The minimum absolute atomic E-state index is 0.150. The molecule has 1 atom stereocenters. The zero-order chi connectivity index (χ0) is 13.6. The SMILES string of the molecule is CNc1ccncc1S(=O)(=O)NC(C)CCOC. The molecule has 0 aliphatic carbocycles. The van der Waals surface area contributed by atoms with Crippen molar-refractivity contribution in [1.29, 1.82) is 0 Å². The number of nitrogens with zero attached hydrogens (tertiary/aromatic N) is 1. The van der Waals surface area contributed by atoms with Crippen LogP contribution in [0.5, 0.6) is 0 Å². The smallest absolute Gasteiger partial charge is 0.244 e. The molecule has 1 aromatic heterocycles. The Hall–Kier alpha value is -1.18. The van der Waals surface area contributed by atoms with Crippen molar-refractivity contribution in [2.45, 2.75) is 24.3 Å². The molecule has 2 N–H and O–H groups in total. The molecular formula is C11H19N3O3S. The fourth-order valence-electron chi connectivity index (χ4n) is 1.48. The Kier molecular flexibility index (Phi) is 5.52. The first-order chi connectivity index (χ1) is 8.51. The Bertz CT molecular complexity index is 476. The van der Waals surface area contributed by atoms with E-state index in [0.717, 1.165) is 0 Å². The molecule has 18 heavy (non-hydrogen) atoms. The molecule has 0 saturated carbocycles. The molecule has 0 amide bonds. The maximum absolute atomic E-state index is 12.2. The monoisotopic (exact) mass is 273 g/mol. The fourth-order valence-corrected chi connectivity index (χ4v) is 2.92. The van der Waals surface area contributed by atoms with Crippen LogP contribution in [0.4, 0.5) is 5.69 Å². The van der Waals surface area contributed by atoms with E-state index in [1.165, 1.54) is 6.20 Å². The number of hydrogen-bond acceptors (Lipinski definition) is 5. The van der Waals surface area contributed by atoms with Gasteiger partial charge in [0.15, 0.2) is 0 Å². The van der Waals surface area contributed by atoms with Crippen LogP contribution in [-0.2, 0) is 14.8 Å². The number of methoxy groups -OCH3 is 1. The van der Waals surface area contributed by atoms with E-state index in [1.807, 2.05) is 0 Å². The maximum Gasteiger partial charge on any atom is 0.244 e. The third-order valence-corrected chi connectivity index (χ3v) is 4.07. The summed E-state index contributed by atoms with van der Waals surface area (Å²) in [5.41, 5.74) is 0.524. The van der Waals surface area contributed by atoms with E-state index < -0.39 is 10.0 Å². The molecule has 0 aliphatic heterocycles. The second kappa shape index (κ2) is 6.67. The molecule has 0 aliphatic rings. The average molecular weight is 273 g/mol. The number of nitrogens with one attached hydrogen (secondary N) is 2. The van der Waals surface area contributed by atoms with E-state index in [0.29, 0.717) is 18.7 Å². The Labute approximate surface area is 108 Å². The quantitative estimate of drug-likeness (QED) is 0.769. The van der Waals surface area contributed by atoms with Crippen molar-refractivity contribution in [2.24, 2.45) is 0 Å². The third kappa shape index (κ3) is 3.94. The Balaban J connectivity index is 2.86. The van der Waals surface area contributed by atoms with E-state index in [-0.39, 0.29) is 10.9 Å².